The zero-order valence-electron chi connectivity index (χ0n) is 26.1. The van der Waals surface area contributed by atoms with Crippen LogP contribution in [-0.2, 0) is 30.5 Å². The van der Waals surface area contributed by atoms with Crippen LogP contribution in [0.2, 0.25) is 0 Å². The molecule has 0 spiro atoms. The van der Waals surface area contributed by atoms with E-state index in [0.717, 1.165) is 35.6 Å². The molecule has 14 heteroatoms. The van der Waals surface area contributed by atoms with E-state index in [1.54, 1.807) is 24.3 Å². The van der Waals surface area contributed by atoms with Gasteiger partial charge in [-0.15, -0.1) is 0 Å². The van der Waals surface area contributed by atoms with Gasteiger partial charge < -0.3 is 35.8 Å². The van der Waals surface area contributed by atoms with Crippen LogP contribution < -0.4 is 32.6 Å². The van der Waals surface area contributed by atoms with Gasteiger partial charge in [-0.25, -0.2) is 0 Å². The van der Waals surface area contributed by atoms with Crippen molar-refractivity contribution in [1.82, 2.24) is 20.5 Å². The minimum absolute atomic E-state index is 0.117. The minimum atomic E-state index is -1.36. The SMILES string of the molecule is CNC(=O)C(=O)CC[C@H](NC(O)c1ccc2ccoc2c1)C(=O)Nc1cccn(CC(=O)NCC2CC3CCC(C(N)=O)(C3)C2)c1=O. The van der Waals surface area contributed by atoms with Gasteiger partial charge in [0, 0.05) is 37.0 Å². The summed E-state index contributed by atoms with van der Waals surface area (Å²) in [5.74, 6) is -2.44. The van der Waals surface area contributed by atoms with Gasteiger partial charge in [0.15, 0.2) is 0 Å². The molecule has 0 aliphatic heterocycles. The number of anilines is 1. The molecule has 14 nitrogen and oxygen atoms in total. The lowest BCUT2D eigenvalue weighted by Crippen LogP contribution is -2.44. The number of fused-ring (bicyclic) bond motifs is 3. The number of carbonyl (C=O) groups is 5. The second-order valence-electron chi connectivity index (χ2n) is 12.6. The molecule has 5 rings (SSSR count). The van der Waals surface area contributed by atoms with Gasteiger partial charge in [-0.1, -0.05) is 12.1 Å². The van der Waals surface area contributed by atoms with E-state index in [4.69, 9.17) is 10.2 Å². The molecule has 250 valence electrons. The summed E-state index contributed by atoms with van der Waals surface area (Å²) in [5, 5.41) is 22.2. The Hall–Kier alpha value is -4.82. The highest BCUT2D eigenvalue weighted by Crippen LogP contribution is 2.53. The highest BCUT2D eigenvalue weighted by Gasteiger charge is 2.49. The molecule has 2 fully saturated rings. The zero-order chi connectivity index (χ0) is 33.7. The number of pyridine rings is 1. The van der Waals surface area contributed by atoms with Crippen molar-refractivity contribution in [2.45, 2.75) is 63.8 Å². The van der Waals surface area contributed by atoms with Gasteiger partial charge in [-0.05, 0) is 80.2 Å². The number of amides is 4. The summed E-state index contributed by atoms with van der Waals surface area (Å²) >= 11 is 0. The number of ketones is 1. The zero-order valence-corrected chi connectivity index (χ0v) is 26.1. The van der Waals surface area contributed by atoms with Crippen LogP contribution in [0.3, 0.4) is 0 Å². The maximum atomic E-state index is 13.4. The second kappa shape index (κ2) is 14.3. The smallest absolute Gasteiger partial charge is 0.287 e. The number of Topliss-reactive ketones (excluding diaryl/α,β-unsaturated/α-hetero) is 1. The molecule has 2 aliphatic carbocycles. The average Bonchev–Trinajstić information content (AvgIpc) is 3.66. The monoisotopic (exact) mass is 648 g/mol. The summed E-state index contributed by atoms with van der Waals surface area (Å²) in [6.07, 6.45) is 5.19. The predicted octanol–water partition coefficient (Wildman–Crippen LogP) is 1.08. The third-order valence-corrected chi connectivity index (χ3v) is 9.37. The number of benzene rings is 1. The topological polar surface area (TPSA) is 215 Å². The van der Waals surface area contributed by atoms with Crippen molar-refractivity contribution in [3.8, 4) is 0 Å². The Morgan fingerprint density at radius 2 is 1.96 bits per heavy atom. The molecule has 2 heterocycles. The van der Waals surface area contributed by atoms with Crippen molar-refractivity contribution >= 4 is 46.1 Å². The molecule has 4 amide bonds. The molecule has 1 aromatic carbocycles. The van der Waals surface area contributed by atoms with Gasteiger partial charge in [0.2, 0.25) is 23.5 Å². The lowest BCUT2D eigenvalue weighted by molar-refractivity contribution is -0.137. The van der Waals surface area contributed by atoms with Crippen LogP contribution in [0.5, 0.6) is 0 Å². The number of likely N-dealkylation sites (N-methyl/N-ethyl adjacent to an activating group) is 1. The number of hydrogen-bond donors (Lipinski definition) is 6. The van der Waals surface area contributed by atoms with Crippen molar-refractivity contribution in [3.63, 3.8) is 0 Å². The Balaban J connectivity index is 1.23. The van der Waals surface area contributed by atoms with Crippen molar-refractivity contribution in [2.24, 2.45) is 23.0 Å². The number of nitrogens with one attached hydrogen (secondary N) is 4. The van der Waals surface area contributed by atoms with Crippen molar-refractivity contribution in [3.05, 3.63) is 64.8 Å². The van der Waals surface area contributed by atoms with Gasteiger partial charge in [-0.3, -0.25) is 34.1 Å². The number of nitrogens with two attached hydrogens (primary N) is 1. The van der Waals surface area contributed by atoms with E-state index in [1.807, 2.05) is 0 Å². The molecule has 3 aromatic rings. The van der Waals surface area contributed by atoms with E-state index < -0.39 is 46.7 Å². The van der Waals surface area contributed by atoms with E-state index in [9.17, 15) is 33.9 Å². The summed E-state index contributed by atoms with van der Waals surface area (Å²) in [4.78, 5) is 75.6. The molecule has 0 saturated heterocycles. The second-order valence-corrected chi connectivity index (χ2v) is 12.6. The van der Waals surface area contributed by atoms with Gasteiger partial charge in [-0.2, -0.15) is 0 Å². The van der Waals surface area contributed by atoms with E-state index in [0.29, 0.717) is 30.0 Å². The molecule has 0 radical (unpaired) electrons. The summed E-state index contributed by atoms with van der Waals surface area (Å²) in [6.45, 7) is 0.0722. The molecule has 47 heavy (non-hydrogen) atoms. The van der Waals surface area contributed by atoms with Crippen LogP contribution in [0.1, 0.15) is 56.7 Å². The number of furan rings is 1. The van der Waals surface area contributed by atoms with E-state index >= 15 is 0 Å². The van der Waals surface area contributed by atoms with Gasteiger partial charge >= 0.3 is 0 Å². The Bertz CT molecular complexity index is 1730. The summed E-state index contributed by atoms with van der Waals surface area (Å²) in [5.41, 5.74) is 5.38. The van der Waals surface area contributed by atoms with E-state index in [2.05, 4.69) is 21.3 Å². The Labute approximate surface area is 270 Å². The molecule has 2 aromatic heterocycles. The van der Waals surface area contributed by atoms with Crippen LogP contribution in [-0.4, -0.2) is 58.7 Å². The van der Waals surface area contributed by atoms with E-state index in [-0.39, 0.29) is 36.9 Å². The van der Waals surface area contributed by atoms with Gasteiger partial charge in [0.25, 0.3) is 11.5 Å². The van der Waals surface area contributed by atoms with Crippen molar-refractivity contribution < 1.29 is 33.5 Å². The Morgan fingerprint density at radius 1 is 1.15 bits per heavy atom. The number of rotatable bonds is 14. The number of carbonyl (C=O) groups excluding carboxylic acids is 5. The molecular weight excluding hydrogens is 608 g/mol. The number of hydrogen-bond acceptors (Lipinski definition) is 9. The first-order chi connectivity index (χ1) is 22.5. The minimum Gasteiger partial charge on any atom is -0.464 e. The Morgan fingerprint density at radius 3 is 2.72 bits per heavy atom. The quantitative estimate of drug-likeness (QED) is 0.109. The summed E-state index contributed by atoms with van der Waals surface area (Å²) in [6, 6.07) is 8.44. The fourth-order valence-corrected chi connectivity index (χ4v) is 6.90. The summed E-state index contributed by atoms with van der Waals surface area (Å²) < 4.78 is 6.55. The van der Waals surface area contributed by atoms with Crippen molar-refractivity contribution in [1.29, 1.82) is 0 Å². The largest absolute Gasteiger partial charge is 0.464 e. The number of nitrogens with zero attached hydrogens (tertiary/aromatic N) is 1. The van der Waals surface area contributed by atoms with Crippen molar-refractivity contribution in [2.75, 3.05) is 18.9 Å². The predicted molar refractivity (Wildman–Crippen MR) is 170 cm³/mol. The summed E-state index contributed by atoms with van der Waals surface area (Å²) in [7, 11) is 1.32. The van der Waals surface area contributed by atoms with E-state index in [1.165, 1.54) is 31.6 Å². The number of aliphatic hydroxyl groups is 1. The maximum Gasteiger partial charge on any atom is 0.287 e. The molecule has 4 unspecified atom stereocenters. The number of aliphatic hydroxyl groups excluding tert-OH is 1. The molecule has 2 bridgehead atoms. The highest BCUT2D eigenvalue weighted by molar-refractivity contribution is 6.36. The van der Waals surface area contributed by atoms with Gasteiger partial charge in [0.1, 0.15) is 24.0 Å². The first-order valence-electron chi connectivity index (χ1n) is 15.7. The lowest BCUT2D eigenvalue weighted by atomic mass is 9.70. The first-order valence-corrected chi connectivity index (χ1v) is 15.7. The molecule has 2 aliphatic rings. The van der Waals surface area contributed by atoms with Crippen LogP contribution in [0.25, 0.3) is 11.0 Å². The molecule has 5 atom stereocenters. The van der Waals surface area contributed by atoms with Crippen LogP contribution in [0, 0.1) is 17.3 Å². The highest BCUT2D eigenvalue weighted by atomic mass is 16.3. The molecule has 7 N–H and O–H groups in total. The first kappa shape index (κ1) is 33.5. The average molecular weight is 649 g/mol. The maximum absolute atomic E-state index is 13.4. The van der Waals surface area contributed by atoms with Crippen LogP contribution in [0.4, 0.5) is 5.69 Å². The normalized spacial score (nSPS) is 21.5. The lowest BCUT2D eigenvalue weighted by Gasteiger charge is -2.35. The Kier molecular flexibility index (Phi) is 10.2. The van der Waals surface area contributed by atoms with Crippen LogP contribution >= 0.6 is 0 Å². The third kappa shape index (κ3) is 7.77. The fourth-order valence-electron chi connectivity index (χ4n) is 6.90. The fraction of sp³-hybridized carbons (Fsp3) is 0.455. The third-order valence-electron chi connectivity index (χ3n) is 9.37. The molecular formula is C33H40N6O8. The molecule has 2 saturated carbocycles. The standard InChI is InChI=1S/C33H40N6O8/c1-35-30(44)25(40)7-6-23(37-28(42)22-5-4-21-9-12-47-26(21)14-22)29(43)38-24-3-2-11-39(31(24)45)18-27(41)36-17-20-13-19-8-10-33(15-19,16-20)32(34)46/h2-5,9,11-12,14,19-20,23,28,37,42H,6-8,10,13,15-18H2,1H3,(H2,34,46)(H,35,44)(H,36,41)(H,38,43)/t19?,20?,23-,28?,33?/m0/s1. The van der Waals surface area contributed by atoms with Crippen LogP contribution in [0.15, 0.2) is 58.1 Å². The number of aromatic nitrogens is 1. The van der Waals surface area contributed by atoms with Gasteiger partial charge in [0.05, 0.1) is 12.3 Å². The number of primary amides is 1.